The molecular formula is C12H20ClN3O. The molecule has 0 saturated carbocycles. The van der Waals surface area contributed by atoms with E-state index in [1.54, 1.807) is 7.11 Å². The monoisotopic (exact) mass is 257 g/mol. The third-order valence-corrected chi connectivity index (χ3v) is 2.83. The molecule has 0 aliphatic heterocycles. The predicted molar refractivity (Wildman–Crippen MR) is 71.8 cm³/mol. The number of hydrogen-bond donors (Lipinski definition) is 1. The number of nitrogens with zero attached hydrogens (tertiary/aromatic N) is 2. The van der Waals surface area contributed by atoms with Crippen LogP contribution in [0.1, 0.15) is 12.5 Å². The van der Waals surface area contributed by atoms with Gasteiger partial charge in [-0.3, -0.25) is 0 Å². The van der Waals surface area contributed by atoms with Crippen LogP contribution in [0.15, 0.2) is 12.3 Å². The fourth-order valence-electron chi connectivity index (χ4n) is 1.60. The molecule has 1 atom stereocenters. The van der Waals surface area contributed by atoms with Crippen LogP contribution in [0.25, 0.3) is 0 Å². The lowest BCUT2D eigenvalue weighted by atomic mass is 10.2. The van der Waals surface area contributed by atoms with Crippen LogP contribution in [0.3, 0.4) is 0 Å². The second-order valence-corrected chi connectivity index (χ2v) is 4.51. The highest BCUT2D eigenvalue weighted by molar-refractivity contribution is 6.33. The van der Waals surface area contributed by atoms with Gasteiger partial charge >= 0.3 is 0 Å². The molecule has 17 heavy (non-hydrogen) atoms. The fraction of sp³-hybridized carbons (Fsp3) is 0.583. The second kappa shape index (κ2) is 6.79. The first-order chi connectivity index (χ1) is 8.08. The van der Waals surface area contributed by atoms with E-state index in [4.69, 9.17) is 16.3 Å². The third kappa shape index (κ3) is 4.15. The number of aromatic nitrogens is 1. The number of anilines is 1. The van der Waals surface area contributed by atoms with Crippen molar-refractivity contribution >= 4 is 17.4 Å². The van der Waals surface area contributed by atoms with Gasteiger partial charge in [0.25, 0.3) is 0 Å². The van der Waals surface area contributed by atoms with Crippen LogP contribution in [0.5, 0.6) is 0 Å². The van der Waals surface area contributed by atoms with Gasteiger partial charge in [-0.15, -0.1) is 0 Å². The van der Waals surface area contributed by atoms with Gasteiger partial charge in [-0.25, -0.2) is 4.98 Å². The summed E-state index contributed by atoms with van der Waals surface area (Å²) in [5, 5.41) is 3.74. The summed E-state index contributed by atoms with van der Waals surface area (Å²) < 4.78 is 5.22. The molecule has 0 amide bonds. The summed E-state index contributed by atoms with van der Waals surface area (Å²) in [7, 11) is 5.55. The Balaban J connectivity index is 2.77. The largest absolute Gasteiger partial charge is 0.380 e. The minimum absolute atomic E-state index is 0.148. The van der Waals surface area contributed by atoms with Crippen LogP contribution in [-0.4, -0.2) is 38.8 Å². The first-order valence-corrected chi connectivity index (χ1v) is 5.99. The second-order valence-electron chi connectivity index (χ2n) is 4.11. The molecule has 0 radical (unpaired) electrons. The standard InChI is InChI=1S/C12H20ClN3O/c1-9(17-4)8-16(3)12-11(13)5-10(6-14-2)7-15-12/h5,7,9,14H,6,8H2,1-4H3. The number of ether oxygens (including phenoxy) is 1. The molecule has 0 bridgehead atoms. The highest BCUT2D eigenvalue weighted by Gasteiger charge is 2.11. The van der Waals surface area contributed by atoms with E-state index in [2.05, 4.69) is 10.3 Å². The molecule has 0 fully saturated rings. The topological polar surface area (TPSA) is 37.4 Å². The zero-order chi connectivity index (χ0) is 12.8. The van der Waals surface area contributed by atoms with E-state index in [1.807, 2.05) is 38.2 Å². The van der Waals surface area contributed by atoms with Crippen molar-refractivity contribution in [3.05, 3.63) is 22.8 Å². The molecule has 0 aliphatic carbocycles. The molecule has 0 spiro atoms. The van der Waals surface area contributed by atoms with Gasteiger partial charge in [0, 0.05) is 33.4 Å². The van der Waals surface area contributed by atoms with Gasteiger partial charge in [0.15, 0.2) is 0 Å². The first kappa shape index (κ1) is 14.2. The van der Waals surface area contributed by atoms with Crippen LogP contribution in [0.2, 0.25) is 5.02 Å². The summed E-state index contributed by atoms with van der Waals surface area (Å²) in [6, 6.07) is 1.94. The third-order valence-electron chi connectivity index (χ3n) is 2.55. The Labute approximate surface area is 108 Å². The van der Waals surface area contributed by atoms with Gasteiger partial charge in [0.05, 0.1) is 11.1 Å². The smallest absolute Gasteiger partial charge is 0.147 e. The van der Waals surface area contributed by atoms with Gasteiger partial charge < -0.3 is 15.0 Å². The summed E-state index contributed by atoms with van der Waals surface area (Å²) in [6.45, 7) is 3.54. The number of pyridine rings is 1. The molecule has 1 aromatic rings. The number of nitrogens with one attached hydrogen (secondary N) is 1. The Hall–Kier alpha value is -0.840. The normalized spacial score (nSPS) is 12.5. The maximum Gasteiger partial charge on any atom is 0.147 e. The van der Waals surface area contributed by atoms with Crippen molar-refractivity contribution in [2.24, 2.45) is 0 Å². The van der Waals surface area contributed by atoms with Crippen LogP contribution in [0, 0.1) is 0 Å². The van der Waals surface area contributed by atoms with Crippen LogP contribution in [-0.2, 0) is 11.3 Å². The van der Waals surface area contributed by atoms with E-state index >= 15 is 0 Å². The summed E-state index contributed by atoms with van der Waals surface area (Å²) in [6.07, 6.45) is 1.99. The Bertz CT molecular complexity index is 360. The average molecular weight is 258 g/mol. The van der Waals surface area contributed by atoms with E-state index in [-0.39, 0.29) is 6.10 Å². The van der Waals surface area contributed by atoms with Crippen LogP contribution in [0.4, 0.5) is 5.82 Å². The molecule has 0 saturated heterocycles. The van der Waals surface area contributed by atoms with Gasteiger partial charge in [-0.05, 0) is 25.6 Å². The molecular weight excluding hydrogens is 238 g/mol. The van der Waals surface area contributed by atoms with Gasteiger partial charge in [0.1, 0.15) is 5.82 Å². The highest BCUT2D eigenvalue weighted by Crippen LogP contribution is 2.23. The lowest BCUT2D eigenvalue weighted by Crippen LogP contribution is -2.29. The van der Waals surface area contributed by atoms with Crippen molar-refractivity contribution in [3.8, 4) is 0 Å². The van der Waals surface area contributed by atoms with E-state index < -0.39 is 0 Å². The van der Waals surface area contributed by atoms with Crippen molar-refractivity contribution in [1.82, 2.24) is 10.3 Å². The molecule has 0 aliphatic rings. The lowest BCUT2D eigenvalue weighted by Gasteiger charge is -2.22. The minimum Gasteiger partial charge on any atom is -0.380 e. The number of methoxy groups -OCH3 is 1. The van der Waals surface area contributed by atoms with E-state index in [0.717, 1.165) is 24.5 Å². The molecule has 0 aromatic carbocycles. The Kier molecular flexibility index (Phi) is 5.68. The average Bonchev–Trinajstić information content (AvgIpc) is 2.29. The van der Waals surface area contributed by atoms with Crippen molar-refractivity contribution in [2.75, 3.05) is 32.6 Å². The Morgan fingerprint density at radius 3 is 2.82 bits per heavy atom. The Morgan fingerprint density at radius 1 is 1.59 bits per heavy atom. The van der Waals surface area contributed by atoms with Gasteiger partial charge in [-0.2, -0.15) is 0 Å². The zero-order valence-electron chi connectivity index (χ0n) is 10.8. The van der Waals surface area contributed by atoms with Crippen molar-refractivity contribution in [3.63, 3.8) is 0 Å². The molecule has 96 valence electrons. The van der Waals surface area contributed by atoms with Crippen molar-refractivity contribution < 1.29 is 4.74 Å². The van der Waals surface area contributed by atoms with Crippen molar-refractivity contribution in [2.45, 2.75) is 19.6 Å². The van der Waals surface area contributed by atoms with E-state index in [0.29, 0.717) is 5.02 Å². The van der Waals surface area contributed by atoms with E-state index in [9.17, 15) is 0 Å². The fourth-order valence-corrected chi connectivity index (χ4v) is 1.93. The Morgan fingerprint density at radius 2 is 2.29 bits per heavy atom. The summed E-state index contributed by atoms with van der Waals surface area (Å²) in [4.78, 5) is 6.38. The minimum atomic E-state index is 0.148. The lowest BCUT2D eigenvalue weighted by molar-refractivity contribution is 0.124. The maximum absolute atomic E-state index is 6.21. The summed E-state index contributed by atoms with van der Waals surface area (Å²) in [5.41, 5.74) is 1.08. The van der Waals surface area contributed by atoms with Crippen LogP contribution < -0.4 is 10.2 Å². The molecule has 4 nitrogen and oxygen atoms in total. The summed E-state index contributed by atoms with van der Waals surface area (Å²) in [5.74, 6) is 0.787. The zero-order valence-corrected chi connectivity index (χ0v) is 11.6. The van der Waals surface area contributed by atoms with E-state index in [1.165, 1.54) is 0 Å². The molecule has 1 N–H and O–H groups in total. The molecule has 1 heterocycles. The molecule has 1 aromatic heterocycles. The molecule has 1 rings (SSSR count). The highest BCUT2D eigenvalue weighted by atomic mass is 35.5. The van der Waals surface area contributed by atoms with Crippen LogP contribution >= 0.6 is 11.6 Å². The SMILES string of the molecule is CNCc1cnc(N(C)CC(C)OC)c(Cl)c1. The molecule has 5 heteroatoms. The number of halogens is 1. The number of hydrogen-bond acceptors (Lipinski definition) is 4. The van der Waals surface area contributed by atoms with Gasteiger partial charge in [0.2, 0.25) is 0 Å². The maximum atomic E-state index is 6.21. The number of rotatable bonds is 6. The first-order valence-electron chi connectivity index (χ1n) is 5.61. The number of likely N-dealkylation sites (N-methyl/N-ethyl adjacent to an activating group) is 1. The predicted octanol–water partition coefficient (Wildman–Crippen LogP) is 1.93. The quantitative estimate of drug-likeness (QED) is 0.845. The van der Waals surface area contributed by atoms with Gasteiger partial charge in [-0.1, -0.05) is 11.6 Å². The summed E-state index contributed by atoms with van der Waals surface area (Å²) >= 11 is 6.21. The molecule has 1 unspecified atom stereocenters. The van der Waals surface area contributed by atoms with Crippen molar-refractivity contribution in [1.29, 1.82) is 0 Å².